The molecule has 218 valence electrons. The number of amides is 5. The van der Waals surface area contributed by atoms with Gasteiger partial charge in [-0.15, -0.1) is 11.3 Å². The number of nitrogens with zero attached hydrogens (tertiary/aromatic N) is 3. The van der Waals surface area contributed by atoms with Gasteiger partial charge < -0.3 is 19.9 Å². The predicted molar refractivity (Wildman–Crippen MR) is 151 cm³/mol. The summed E-state index contributed by atoms with van der Waals surface area (Å²) in [6.45, 7) is 4.80. The number of urea groups is 1. The molecule has 5 amide bonds. The van der Waals surface area contributed by atoms with E-state index in [9.17, 15) is 27.6 Å². The lowest BCUT2D eigenvalue weighted by atomic mass is 10.0. The number of anilines is 1. The molecule has 1 aromatic heterocycles. The molecule has 0 fully saturated rings. The first-order valence-corrected chi connectivity index (χ1v) is 15.1. The molecule has 0 saturated heterocycles. The minimum absolute atomic E-state index is 0.0653. The summed E-state index contributed by atoms with van der Waals surface area (Å²) in [5.41, 5.74) is 0.982. The highest BCUT2D eigenvalue weighted by Crippen LogP contribution is 2.37. The molecule has 0 atom stereocenters. The van der Waals surface area contributed by atoms with Crippen LogP contribution in [0.5, 0.6) is 0 Å². The standard InChI is InChI=1S/C26H35N5O7S2/c1-6-8-14-30(5)40(36,37)18-11-9-17(10-12-18)22(32)27-24-21(23(33)28-25(34)29(3)4)19-13-15-31(16-20(19)39-24)26(35)38-7-2/h9-12H,6-8,13-16H2,1-5H3,(H,27,32)(H,28,33,34). The average molecular weight is 594 g/mol. The number of rotatable bonds is 9. The highest BCUT2D eigenvalue weighted by molar-refractivity contribution is 7.89. The number of sulfonamides is 1. The summed E-state index contributed by atoms with van der Waals surface area (Å²) in [5.74, 6) is -1.23. The SMILES string of the molecule is CCCCN(C)S(=O)(=O)c1ccc(C(=O)Nc2sc3c(c2C(=O)NC(=O)N(C)C)CCN(C(=O)OCC)C3)cc1. The molecule has 3 rings (SSSR count). The lowest BCUT2D eigenvalue weighted by Crippen LogP contribution is -2.40. The maximum Gasteiger partial charge on any atom is 0.410 e. The molecular weight excluding hydrogens is 558 g/mol. The number of benzene rings is 1. The Bertz CT molecular complexity index is 1370. The number of carbonyl (C=O) groups excluding carboxylic acids is 4. The molecule has 0 bridgehead atoms. The molecule has 2 aromatic rings. The number of fused-ring (bicyclic) bond motifs is 1. The zero-order valence-corrected chi connectivity index (χ0v) is 24.9. The Kier molecular flexibility index (Phi) is 10.3. The zero-order valence-electron chi connectivity index (χ0n) is 23.3. The third-order valence-electron chi connectivity index (χ3n) is 6.31. The van der Waals surface area contributed by atoms with E-state index in [1.165, 1.54) is 59.5 Å². The second-order valence-electron chi connectivity index (χ2n) is 9.39. The maximum absolute atomic E-state index is 13.2. The molecule has 2 N–H and O–H groups in total. The maximum atomic E-state index is 13.2. The van der Waals surface area contributed by atoms with Crippen LogP contribution in [-0.2, 0) is 27.7 Å². The minimum Gasteiger partial charge on any atom is -0.450 e. The molecule has 0 aliphatic carbocycles. The van der Waals surface area contributed by atoms with Gasteiger partial charge in [0.1, 0.15) is 5.00 Å². The topological polar surface area (TPSA) is 145 Å². The monoisotopic (exact) mass is 593 g/mol. The van der Waals surface area contributed by atoms with Crippen LogP contribution in [0.1, 0.15) is 57.8 Å². The van der Waals surface area contributed by atoms with Crippen LogP contribution in [0.25, 0.3) is 0 Å². The van der Waals surface area contributed by atoms with Crippen molar-refractivity contribution in [2.24, 2.45) is 0 Å². The first-order chi connectivity index (χ1) is 18.9. The van der Waals surface area contributed by atoms with Gasteiger partial charge in [0.15, 0.2) is 0 Å². The fraction of sp³-hybridized carbons (Fsp3) is 0.462. The van der Waals surface area contributed by atoms with E-state index in [1.54, 1.807) is 6.92 Å². The molecule has 1 aromatic carbocycles. The smallest absolute Gasteiger partial charge is 0.410 e. The van der Waals surface area contributed by atoms with Crippen LogP contribution in [0.3, 0.4) is 0 Å². The first kappa shape index (κ1) is 31.0. The van der Waals surface area contributed by atoms with Gasteiger partial charge >= 0.3 is 12.1 Å². The average Bonchev–Trinajstić information content (AvgIpc) is 3.28. The number of imide groups is 1. The Morgan fingerprint density at radius 3 is 2.33 bits per heavy atom. The van der Waals surface area contributed by atoms with Gasteiger partial charge in [0, 0.05) is 44.7 Å². The van der Waals surface area contributed by atoms with Crippen molar-refractivity contribution >= 4 is 50.3 Å². The quantitative estimate of drug-likeness (QED) is 0.454. The summed E-state index contributed by atoms with van der Waals surface area (Å²) in [6.07, 6.45) is 1.44. The Morgan fingerprint density at radius 2 is 1.73 bits per heavy atom. The molecule has 40 heavy (non-hydrogen) atoms. The predicted octanol–water partition coefficient (Wildman–Crippen LogP) is 3.35. The van der Waals surface area contributed by atoms with Crippen molar-refractivity contribution in [3.05, 3.63) is 45.8 Å². The Balaban J connectivity index is 1.88. The van der Waals surface area contributed by atoms with Crippen LogP contribution >= 0.6 is 11.3 Å². The van der Waals surface area contributed by atoms with Gasteiger partial charge in [0.05, 0.1) is 23.6 Å². The van der Waals surface area contributed by atoms with Gasteiger partial charge in [-0.1, -0.05) is 13.3 Å². The Hall–Kier alpha value is -3.49. The van der Waals surface area contributed by atoms with Crippen LogP contribution in [0.4, 0.5) is 14.6 Å². The zero-order chi connectivity index (χ0) is 29.6. The molecular formula is C26H35N5O7S2. The molecule has 1 aliphatic rings. The van der Waals surface area contributed by atoms with E-state index in [4.69, 9.17) is 4.74 Å². The van der Waals surface area contributed by atoms with Gasteiger partial charge in [-0.2, -0.15) is 0 Å². The van der Waals surface area contributed by atoms with Crippen molar-refractivity contribution in [1.29, 1.82) is 0 Å². The number of nitrogens with one attached hydrogen (secondary N) is 2. The number of hydrogen-bond donors (Lipinski definition) is 2. The van der Waals surface area contributed by atoms with Gasteiger partial charge in [-0.25, -0.2) is 22.3 Å². The molecule has 14 heteroatoms. The summed E-state index contributed by atoms with van der Waals surface area (Å²) >= 11 is 1.14. The number of thiophene rings is 1. The molecule has 1 aliphatic heterocycles. The number of ether oxygens (including phenoxy) is 1. The molecule has 12 nitrogen and oxygen atoms in total. The molecule has 0 radical (unpaired) electrons. The van der Waals surface area contributed by atoms with Crippen LogP contribution in [-0.4, -0.2) is 87.3 Å². The van der Waals surface area contributed by atoms with E-state index < -0.39 is 34.0 Å². The van der Waals surface area contributed by atoms with Crippen molar-refractivity contribution in [2.45, 2.75) is 44.6 Å². The Morgan fingerprint density at radius 1 is 1.05 bits per heavy atom. The second-order valence-corrected chi connectivity index (χ2v) is 12.5. The van der Waals surface area contributed by atoms with Gasteiger partial charge in [-0.05, 0) is 49.6 Å². The first-order valence-electron chi connectivity index (χ1n) is 12.9. The fourth-order valence-electron chi connectivity index (χ4n) is 4.01. The van der Waals surface area contributed by atoms with Crippen LogP contribution < -0.4 is 10.6 Å². The highest BCUT2D eigenvalue weighted by Gasteiger charge is 2.32. The molecule has 2 heterocycles. The number of carbonyl (C=O) groups is 4. The van der Waals surface area contributed by atoms with Crippen LogP contribution in [0.15, 0.2) is 29.2 Å². The van der Waals surface area contributed by atoms with E-state index in [0.29, 0.717) is 30.0 Å². The van der Waals surface area contributed by atoms with Gasteiger partial charge in [0.25, 0.3) is 11.8 Å². The number of unbranched alkanes of at least 4 members (excludes halogenated alkanes) is 1. The normalized spacial score (nSPS) is 13.0. The third kappa shape index (κ3) is 6.98. The second kappa shape index (κ2) is 13.2. The van der Waals surface area contributed by atoms with Crippen molar-refractivity contribution in [2.75, 3.05) is 46.2 Å². The van der Waals surface area contributed by atoms with Gasteiger partial charge in [0.2, 0.25) is 10.0 Å². The van der Waals surface area contributed by atoms with Crippen molar-refractivity contribution in [3.8, 4) is 0 Å². The van der Waals surface area contributed by atoms with Crippen LogP contribution in [0.2, 0.25) is 0 Å². The van der Waals surface area contributed by atoms with E-state index in [-0.39, 0.29) is 34.2 Å². The number of hydrogen-bond acceptors (Lipinski definition) is 8. The largest absolute Gasteiger partial charge is 0.450 e. The molecule has 0 unspecified atom stereocenters. The summed E-state index contributed by atoms with van der Waals surface area (Å²) < 4.78 is 32.0. The van der Waals surface area contributed by atoms with Gasteiger partial charge in [-0.3, -0.25) is 14.9 Å². The molecule has 0 spiro atoms. The van der Waals surface area contributed by atoms with E-state index in [0.717, 1.165) is 24.2 Å². The van der Waals surface area contributed by atoms with E-state index in [2.05, 4.69) is 10.6 Å². The summed E-state index contributed by atoms with van der Waals surface area (Å²) in [4.78, 5) is 54.3. The summed E-state index contributed by atoms with van der Waals surface area (Å²) in [7, 11) is 0.813. The summed E-state index contributed by atoms with van der Waals surface area (Å²) in [6, 6.07) is 4.92. The van der Waals surface area contributed by atoms with Crippen molar-refractivity contribution in [3.63, 3.8) is 0 Å². The van der Waals surface area contributed by atoms with E-state index >= 15 is 0 Å². The fourth-order valence-corrected chi connectivity index (χ4v) is 6.47. The van der Waals surface area contributed by atoms with E-state index in [1.807, 2.05) is 6.92 Å². The van der Waals surface area contributed by atoms with Crippen LogP contribution in [0, 0.1) is 0 Å². The summed E-state index contributed by atoms with van der Waals surface area (Å²) in [5, 5.41) is 5.28. The minimum atomic E-state index is -3.70. The third-order valence-corrected chi connectivity index (χ3v) is 9.32. The highest BCUT2D eigenvalue weighted by atomic mass is 32.2. The lowest BCUT2D eigenvalue weighted by Gasteiger charge is -2.26. The van der Waals surface area contributed by atoms with Crippen molar-refractivity contribution in [1.82, 2.24) is 19.4 Å². The van der Waals surface area contributed by atoms with Crippen molar-refractivity contribution < 1.29 is 32.3 Å². The molecule has 0 saturated carbocycles. The Labute approximate surface area is 238 Å². The lowest BCUT2D eigenvalue weighted by molar-refractivity contribution is 0.0955.